The summed E-state index contributed by atoms with van der Waals surface area (Å²) in [5.41, 5.74) is 15.9. The van der Waals surface area contributed by atoms with Crippen LogP contribution in [0.25, 0.3) is 10.9 Å². The van der Waals surface area contributed by atoms with Gasteiger partial charge in [0.25, 0.3) is 5.91 Å². The van der Waals surface area contributed by atoms with Crippen molar-refractivity contribution in [2.24, 2.45) is 11.7 Å². The van der Waals surface area contributed by atoms with E-state index in [9.17, 15) is 9.59 Å². The van der Waals surface area contributed by atoms with Gasteiger partial charge in [0, 0.05) is 49.5 Å². The Balaban J connectivity index is 1.38. The molecule has 0 unspecified atom stereocenters. The Morgan fingerprint density at radius 1 is 1.13 bits per heavy atom. The van der Waals surface area contributed by atoms with Gasteiger partial charge in [-0.25, -0.2) is 9.78 Å². The highest BCUT2D eigenvalue weighted by Gasteiger charge is 2.34. The Labute approximate surface area is 220 Å². The minimum absolute atomic E-state index is 0.0509. The van der Waals surface area contributed by atoms with Gasteiger partial charge in [0.2, 0.25) is 0 Å². The number of ether oxygens (including phenoxy) is 1. The van der Waals surface area contributed by atoms with Crippen molar-refractivity contribution in [1.29, 1.82) is 0 Å². The average molecular weight is 521 g/mol. The summed E-state index contributed by atoms with van der Waals surface area (Å²) in [4.78, 5) is 37.6. The molecule has 0 aliphatic carbocycles. The summed E-state index contributed by atoms with van der Waals surface area (Å²) in [5.74, 6) is -0.500. The van der Waals surface area contributed by atoms with E-state index in [0.29, 0.717) is 37.5 Å². The number of nitrogens with two attached hydrogens (primary N) is 2. The zero-order chi connectivity index (χ0) is 26.8. The number of nitrogen functional groups attached to an aromatic ring is 1. The predicted molar refractivity (Wildman–Crippen MR) is 146 cm³/mol. The number of nitrogens with one attached hydrogen (secondary N) is 2. The number of carbonyl (C=O) groups excluding carboxylic acids is 1. The number of benzene rings is 1. The van der Waals surface area contributed by atoms with E-state index in [0.717, 1.165) is 29.9 Å². The maximum absolute atomic E-state index is 13.4. The summed E-state index contributed by atoms with van der Waals surface area (Å²) in [6.45, 7) is 5.83. The lowest BCUT2D eigenvalue weighted by atomic mass is 9.90. The van der Waals surface area contributed by atoms with E-state index >= 15 is 0 Å². The van der Waals surface area contributed by atoms with Gasteiger partial charge in [0.05, 0.1) is 48.0 Å². The number of carbonyl (C=O) groups is 2. The first-order valence-corrected chi connectivity index (χ1v) is 12.6. The van der Waals surface area contributed by atoms with E-state index in [1.54, 1.807) is 24.5 Å². The van der Waals surface area contributed by atoms with Gasteiger partial charge in [-0.15, -0.1) is 0 Å². The van der Waals surface area contributed by atoms with Crippen LogP contribution in [0.15, 0.2) is 42.7 Å². The molecule has 12 heteroatoms. The minimum Gasteiger partial charge on any atom is -0.465 e. The van der Waals surface area contributed by atoms with Crippen LogP contribution in [0.2, 0.25) is 0 Å². The molecule has 0 spiro atoms. The van der Waals surface area contributed by atoms with Crippen LogP contribution < -0.4 is 31.9 Å². The zero-order valence-corrected chi connectivity index (χ0v) is 21.1. The lowest BCUT2D eigenvalue weighted by Crippen LogP contribution is -2.61. The molecule has 0 radical (unpaired) electrons. The molecule has 2 amide bonds. The number of hydrogen-bond acceptors (Lipinski definition) is 9. The maximum atomic E-state index is 13.4. The van der Waals surface area contributed by atoms with Crippen LogP contribution in [0, 0.1) is 5.92 Å². The Kier molecular flexibility index (Phi) is 7.16. The number of rotatable bonds is 5. The monoisotopic (exact) mass is 520 g/mol. The lowest BCUT2D eigenvalue weighted by Gasteiger charge is -2.42. The first-order chi connectivity index (χ1) is 18.3. The number of fused-ring (bicyclic) bond motifs is 1. The van der Waals surface area contributed by atoms with E-state index < -0.39 is 18.0 Å². The quantitative estimate of drug-likeness (QED) is 0.333. The summed E-state index contributed by atoms with van der Waals surface area (Å²) < 4.78 is 5.45. The number of pyridine rings is 2. The van der Waals surface area contributed by atoms with Gasteiger partial charge in [-0.2, -0.15) is 0 Å². The second-order valence-electron chi connectivity index (χ2n) is 9.77. The number of amides is 2. The largest absolute Gasteiger partial charge is 0.465 e. The van der Waals surface area contributed by atoms with Gasteiger partial charge in [-0.05, 0) is 30.2 Å². The molecule has 2 saturated heterocycles. The number of piperidine rings is 1. The van der Waals surface area contributed by atoms with Crippen molar-refractivity contribution < 1.29 is 19.4 Å². The summed E-state index contributed by atoms with van der Waals surface area (Å²) in [7, 11) is 0. The van der Waals surface area contributed by atoms with Crippen molar-refractivity contribution in [3.8, 4) is 0 Å². The number of morpholine rings is 1. The van der Waals surface area contributed by atoms with Gasteiger partial charge in [-0.1, -0.05) is 13.0 Å². The molecule has 0 bridgehead atoms. The first kappa shape index (κ1) is 25.5. The molecule has 0 saturated carbocycles. The summed E-state index contributed by atoms with van der Waals surface area (Å²) in [5, 5.41) is 15.4. The molecule has 2 aliphatic rings. The van der Waals surface area contributed by atoms with Crippen LogP contribution in [0.5, 0.6) is 0 Å². The van der Waals surface area contributed by atoms with Gasteiger partial charge in [0.15, 0.2) is 5.69 Å². The number of carboxylic acid groups (broad SMARTS) is 1. The molecule has 1 aromatic carbocycles. The van der Waals surface area contributed by atoms with Gasteiger partial charge in [0.1, 0.15) is 0 Å². The van der Waals surface area contributed by atoms with Crippen LogP contribution >= 0.6 is 0 Å². The third-order valence-corrected chi connectivity index (χ3v) is 7.11. The molecule has 38 heavy (non-hydrogen) atoms. The van der Waals surface area contributed by atoms with Crippen molar-refractivity contribution in [1.82, 2.24) is 15.3 Å². The SMILES string of the molecule is C[C@@H]1CN(c2ccncc2NC(=O)c2nc3cc(N4CCOCC4)ccc3cc2N)C[C@H](N)[C@H]1NC(=O)O. The molecule has 12 nitrogen and oxygen atoms in total. The third-order valence-electron chi connectivity index (χ3n) is 7.11. The van der Waals surface area contributed by atoms with Gasteiger partial charge >= 0.3 is 6.09 Å². The van der Waals surface area contributed by atoms with E-state index in [-0.39, 0.29) is 23.3 Å². The normalized spacial score (nSPS) is 21.8. The summed E-state index contributed by atoms with van der Waals surface area (Å²) in [6, 6.07) is 8.70. The average Bonchev–Trinajstić information content (AvgIpc) is 2.90. The molecule has 5 rings (SSSR count). The van der Waals surface area contributed by atoms with Crippen LogP contribution in [0.3, 0.4) is 0 Å². The molecule has 2 aliphatic heterocycles. The Morgan fingerprint density at radius 3 is 2.66 bits per heavy atom. The third kappa shape index (κ3) is 5.27. The molecule has 2 aromatic heterocycles. The fourth-order valence-electron chi connectivity index (χ4n) is 5.23. The number of aromatic nitrogens is 2. The molecular weight excluding hydrogens is 488 g/mol. The van der Waals surface area contributed by atoms with E-state index in [1.807, 2.05) is 30.0 Å². The van der Waals surface area contributed by atoms with E-state index in [1.165, 1.54) is 0 Å². The van der Waals surface area contributed by atoms with Crippen LogP contribution in [0.1, 0.15) is 17.4 Å². The molecule has 200 valence electrons. The molecule has 3 atom stereocenters. The molecule has 2 fully saturated rings. The molecule has 7 N–H and O–H groups in total. The van der Waals surface area contributed by atoms with Crippen molar-refractivity contribution in [2.45, 2.75) is 19.0 Å². The van der Waals surface area contributed by atoms with Gasteiger partial charge < -0.3 is 41.7 Å². The number of nitrogens with zero attached hydrogens (tertiary/aromatic N) is 4. The highest BCUT2D eigenvalue weighted by Crippen LogP contribution is 2.30. The maximum Gasteiger partial charge on any atom is 0.404 e. The Hall–Kier alpha value is -4.16. The minimum atomic E-state index is -1.10. The molecular formula is C26H32N8O4. The van der Waals surface area contributed by atoms with Crippen LogP contribution in [-0.2, 0) is 4.74 Å². The standard InChI is InChI=1S/C26H32N8O4/c1-15-13-34(14-19(28)23(15)32-26(36)37)22-4-5-29-12-21(22)31-25(35)24-18(27)10-16-2-3-17(11-20(16)30-24)33-6-8-38-9-7-33/h2-5,10-12,15,19,23,32H,6-9,13-14,27-28H2,1H3,(H,31,35)(H,36,37)/t15-,19+,23+/m1/s1. The zero-order valence-electron chi connectivity index (χ0n) is 21.1. The first-order valence-electron chi connectivity index (χ1n) is 12.6. The fourth-order valence-corrected chi connectivity index (χ4v) is 5.23. The van der Waals surface area contributed by atoms with Crippen molar-refractivity contribution in [2.75, 3.05) is 60.2 Å². The second kappa shape index (κ2) is 10.7. The Bertz CT molecular complexity index is 1330. The highest BCUT2D eigenvalue weighted by molar-refractivity contribution is 6.09. The van der Waals surface area contributed by atoms with Crippen LogP contribution in [0.4, 0.5) is 27.5 Å². The van der Waals surface area contributed by atoms with E-state index in [4.69, 9.17) is 21.3 Å². The van der Waals surface area contributed by atoms with Gasteiger partial charge in [-0.3, -0.25) is 9.78 Å². The van der Waals surface area contributed by atoms with E-state index in [2.05, 4.69) is 25.5 Å². The predicted octanol–water partition coefficient (Wildman–Crippen LogP) is 1.72. The second-order valence-corrected chi connectivity index (χ2v) is 9.77. The van der Waals surface area contributed by atoms with Crippen molar-refractivity contribution in [3.05, 3.63) is 48.4 Å². The molecule has 4 heterocycles. The number of hydrogen-bond donors (Lipinski definition) is 5. The Morgan fingerprint density at radius 2 is 1.92 bits per heavy atom. The highest BCUT2D eigenvalue weighted by atomic mass is 16.5. The smallest absolute Gasteiger partial charge is 0.404 e. The lowest BCUT2D eigenvalue weighted by molar-refractivity contribution is 0.102. The summed E-state index contributed by atoms with van der Waals surface area (Å²) in [6.07, 6.45) is 2.11. The number of anilines is 4. The van der Waals surface area contributed by atoms with Crippen molar-refractivity contribution in [3.63, 3.8) is 0 Å². The fraction of sp³-hybridized carbons (Fsp3) is 0.385. The van der Waals surface area contributed by atoms with Crippen LogP contribution in [-0.4, -0.2) is 78.6 Å². The summed E-state index contributed by atoms with van der Waals surface area (Å²) >= 11 is 0. The molecule has 3 aromatic rings. The topological polar surface area (TPSA) is 172 Å². The van der Waals surface area contributed by atoms with Crippen molar-refractivity contribution >= 4 is 45.7 Å².